The van der Waals surface area contributed by atoms with Crippen molar-refractivity contribution in [2.75, 3.05) is 13.2 Å². The molecule has 1 aromatic rings. The van der Waals surface area contributed by atoms with Crippen molar-refractivity contribution in [3.63, 3.8) is 0 Å². The molecule has 0 heterocycles. The maximum absolute atomic E-state index is 12.1. The molecular formula is C15H25NO4S. The topological polar surface area (TPSA) is 75.6 Å². The normalized spacial score (nSPS) is 13.4. The third-order valence-electron chi connectivity index (χ3n) is 2.85. The van der Waals surface area contributed by atoms with Gasteiger partial charge in [-0.25, -0.2) is 13.1 Å². The molecule has 1 aromatic carbocycles. The van der Waals surface area contributed by atoms with Crippen molar-refractivity contribution < 1.29 is 18.3 Å². The lowest BCUT2D eigenvalue weighted by Crippen LogP contribution is -2.32. The fraction of sp³-hybridized carbons (Fsp3) is 0.600. The van der Waals surface area contributed by atoms with E-state index in [1.54, 1.807) is 12.1 Å². The largest absolute Gasteiger partial charge is 0.493 e. The monoisotopic (exact) mass is 315 g/mol. The molecule has 0 bridgehead atoms. The van der Waals surface area contributed by atoms with Crippen LogP contribution in [-0.2, 0) is 10.0 Å². The van der Waals surface area contributed by atoms with Crippen LogP contribution in [-0.4, -0.2) is 32.8 Å². The Morgan fingerprint density at radius 3 is 2.38 bits per heavy atom. The quantitative estimate of drug-likeness (QED) is 0.732. The van der Waals surface area contributed by atoms with Crippen molar-refractivity contribution in [2.24, 2.45) is 5.92 Å². The van der Waals surface area contributed by atoms with Gasteiger partial charge in [-0.15, -0.1) is 0 Å². The van der Waals surface area contributed by atoms with Crippen molar-refractivity contribution in [1.82, 2.24) is 4.72 Å². The summed E-state index contributed by atoms with van der Waals surface area (Å²) >= 11 is 0. The van der Waals surface area contributed by atoms with Gasteiger partial charge in [-0.2, -0.15) is 0 Å². The van der Waals surface area contributed by atoms with Crippen LogP contribution in [0, 0.1) is 5.92 Å². The fourth-order valence-corrected chi connectivity index (χ4v) is 2.78. The molecule has 1 atom stereocenters. The summed E-state index contributed by atoms with van der Waals surface area (Å²) in [6, 6.07) is 6.28. The number of hydrogen-bond donors (Lipinski definition) is 2. The molecule has 6 heteroatoms. The highest BCUT2D eigenvalue weighted by atomic mass is 32.2. The number of nitrogens with one attached hydrogen (secondary N) is 1. The first-order valence-corrected chi connectivity index (χ1v) is 8.74. The molecule has 5 nitrogen and oxygen atoms in total. The summed E-state index contributed by atoms with van der Waals surface area (Å²) in [5.41, 5.74) is 0. The third kappa shape index (κ3) is 6.46. The van der Waals surface area contributed by atoms with Crippen molar-refractivity contribution in [2.45, 2.75) is 44.6 Å². The molecule has 0 fully saturated rings. The number of sulfonamides is 1. The minimum atomic E-state index is -3.59. The maximum atomic E-state index is 12.1. The smallest absolute Gasteiger partial charge is 0.240 e. The van der Waals surface area contributed by atoms with Gasteiger partial charge in [0.2, 0.25) is 10.0 Å². The van der Waals surface area contributed by atoms with Crippen LogP contribution in [0.4, 0.5) is 0 Å². The van der Waals surface area contributed by atoms with Crippen molar-refractivity contribution >= 4 is 10.0 Å². The molecule has 0 aliphatic heterocycles. The van der Waals surface area contributed by atoms with E-state index in [0.717, 1.165) is 6.42 Å². The number of aliphatic hydroxyl groups excluding tert-OH is 1. The molecule has 0 spiro atoms. The molecular weight excluding hydrogens is 290 g/mol. The van der Waals surface area contributed by atoms with Gasteiger partial charge in [-0.3, -0.25) is 0 Å². The molecule has 120 valence electrons. The molecule has 0 aromatic heterocycles. The summed E-state index contributed by atoms with van der Waals surface area (Å²) in [4.78, 5) is 0.170. The standard InChI is InChI=1S/C15H25NO4S/c1-4-5-13(17)10-16-21(18,19)15-8-6-14(7-9-15)20-11-12(2)3/h6-9,12-13,16-17H,4-5,10-11H2,1-3H3. The number of ether oxygens (including phenoxy) is 1. The first kappa shape index (κ1) is 17.9. The van der Waals surface area contributed by atoms with Gasteiger partial charge in [-0.1, -0.05) is 27.2 Å². The zero-order chi connectivity index (χ0) is 15.9. The Kier molecular flexibility index (Phi) is 7.14. The molecule has 1 unspecified atom stereocenters. The molecule has 2 N–H and O–H groups in total. The lowest BCUT2D eigenvalue weighted by atomic mass is 10.2. The highest BCUT2D eigenvalue weighted by molar-refractivity contribution is 7.89. The van der Waals surface area contributed by atoms with Gasteiger partial charge in [0.1, 0.15) is 5.75 Å². The van der Waals surface area contributed by atoms with Gasteiger partial charge < -0.3 is 9.84 Å². The SMILES string of the molecule is CCCC(O)CNS(=O)(=O)c1ccc(OCC(C)C)cc1. The third-order valence-corrected chi connectivity index (χ3v) is 4.29. The summed E-state index contributed by atoms with van der Waals surface area (Å²) in [6.45, 7) is 6.65. The Labute approximate surface area is 127 Å². The van der Waals surface area contributed by atoms with E-state index in [-0.39, 0.29) is 11.4 Å². The predicted molar refractivity (Wildman–Crippen MR) is 82.9 cm³/mol. The summed E-state index contributed by atoms with van der Waals surface area (Å²) in [5, 5.41) is 9.58. The molecule has 0 aliphatic carbocycles. The Morgan fingerprint density at radius 1 is 1.24 bits per heavy atom. The van der Waals surface area contributed by atoms with E-state index in [0.29, 0.717) is 24.7 Å². The molecule has 21 heavy (non-hydrogen) atoms. The fourth-order valence-electron chi connectivity index (χ4n) is 1.70. The summed E-state index contributed by atoms with van der Waals surface area (Å²) in [5.74, 6) is 1.06. The van der Waals surface area contributed by atoms with Crippen LogP contribution in [0.1, 0.15) is 33.6 Å². The number of aliphatic hydroxyl groups is 1. The Morgan fingerprint density at radius 2 is 1.86 bits per heavy atom. The zero-order valence-electron chi connectivity index (χ0n) is 12.9. The highest BCUT2D eigenvalue weighted by Crippen LogP contribution is 2.16. The van der Waals surface area contributed by atoms with Crippen molar-refractivity contribution in [1.29, 1.82) is 0 Å². The maximum Gasteiger partial charge on any atom is 0.240 e. The first-order valence-electron chi connectivity index (χ1n) is 7.25. The second kappa shape index (κ2) is 8.36. The Hall–Kier alpha value is -1.11. The lowest BCUT2D eigenvalue weighted by molar-refractivity contribution is 0.167. The molecule has 1 rings (SSSR count). The lowest BCUT2D eigenvalue weighted by Gasteiger charge is -2.12. The van der Waals surface area contributed by atoms with Crippen molar-refractivity contribution in [3.05, 3.63) is 24.3 Å². The molecule has 0 saturated carbocycles. The van der Waals surface area contributed by atoms with Crippen LogP contribution in [0.25, 0.3) is 0 Å². The second-order valence-corrected chi connectivity index (χ2v) is 7.24. The van der Waals surface area contributed by atoms with Gasteiger partial charge in [0.05, 0.1) is 17.6 Å². The van der Waals surface area contributed by atoms with Gasteiger partial charge in [-0.05, 0) is 36.6 Å². The number of hydrogen-bond acceptors (Lipinski definition) is 4. The zero-order valence-corrected chi connectivity index (χ0v) is 13.7. The highest BCUT2D eigenvalue weighted by Gasteiger charge is 2.15. The molecule has 0 aliphatic rings. The summed E-state index contributed by atoms with van der Waals surface area (Å²) in [6.07, 6.45) is 0.730. The molecule has 0 amide bonds. The van der Waals surface area contributed by atoms with Crippen LogP contribution in [0.5, 0.6) is 5.75 Å². The van der Waals surface area contributed by atoms with Gasteiger partial charge in [0.15, 0.2) is 0 Å². The van der Waals surface area contributed by atoms with Gasteiger partial charge >= 0.3 is 0 Å². The van der Waals surface area contributed by atoms with Crippen LogP contribution < -0.4 is 9.46 Å². The van der Waals surface area contributed by atoms with Gasteiger partial charge in [0, 0.05) is 6.54 Å². The summed E-state index contributed by atoms with van der Waals surface area (Å²) < 4.78 is 32.0. The Balaban J connectivity index is 2.62. The van der Waals surface area contributed by atoms with E-state index in [4.69, 9.17) is 4.74 Å². The van der Waals surface area contributed by atoms with Gasteiger partial charge in [0.25, 0.3) is 0 Å². The van der Waals surface area contributed by atoms with Crippen LogP contribution in [0.3, 0.4) is 0 Å². The van der Waals surface area contributed by atoms with E-state index in [9.17, 15) is 13.5 Å². The number of rotatable bonds is 9. The minimum absolute atomic E-state index is 0.0295. The minimum Gasteiger partial charge on any atom is -0.493 e. The Bertz CT molecular complexity index is 511. The van der Waals surface area contributed by atoms with E-state index in [1.807, 2.05) is 20.8 Å². The van der Waals surface area contributed by atoms with Crippen molar-refractivity contribution in [3.8, 4) is 5.75 Å². The van der Waals surface area contributed by atoms with E-state index >= 15 is 0 Å². The van der Waals surface area contributed by atoms with E-state index < -0.39 is 16.1 Å². The molecule has 0 radical (unpaired) electrons. The van der Waals surface area contributed by atoms with E-state index in [1.165, 1.54) is 12.1 Å². The predicted octanol–water partition coefficient (Wildman–Crippen LogP) is 2.16. The number of benzene rings is 1. The first-order chi connectivity index (χ1) is 9.85. The van der Waals surface area contributed by atoms with Crippen LogP contribution in [0.15, 0.2) is 29.2 Å². The second-order valence-electron chi connectivity index (χ2n) is 5.47. The van der Waals surface area contributed by atoms with Crippen LogP contribution in [0.2, 0.25) is 0 Å². The van der Waals surface area contributed by atoms with E-state index in [2.05, 4.69) is 4.72 Å². The summed E-state index contributed by atoms with van der Waals surface area (Å²) in [7, 11) is -3.59. The van der Waals surface area contributed by atoms with Crippen LogP contribution >= 0.6 is 0 Å². The average molecular weight is 315 g/mol. The molecule has 0 saturated heterocycles. The average Bonchev–Trinajstić information content (AvgIpc) is 2.44.